The van der Waals surface area contributed by atoms with Crippen LogP contribution in [0.1, 0.15) is 12.7 Å². The maximum Gasteiger partial charge on any atom is 0.249 e. The van der Waals surface area contributed by atoms with Crippen LogP contribution >= 0.6 is 11.6 Å². The SMILES string of the molecule is CCOCC1COC(Cn2cncn2)(c2cc3cc(Cl)ccc3o2)O1. The molecule has 2 atom stereocenters. The molecule has 1 fully saturated rings. The minimum absolute atomic E-state index is 0.180. The molecule has 1 aromatic carbocycles. The van der Waals surface area contributed by atoms with Gasteiger partial charge >= 0.3 is 0 Å². The normalized spacial score (nSPS) is 23.5. The van der Waals surface area contributed by atoms with Crippen LogP contribution in [0.2, 0.25) is 5.02 Å². The van der Waals surface area contributed by atoms with E-state index in [9.17, 15) is 0 Å². The standard InChI is InChI=1S/C17H18ClN3O4/c1-2-22-7-14-8-23-17(25-14,9-21-11-19-10-20-21)16-6-12-5-13(18)3-4-15(12)24-16/h3-6,10-11,14H,2,7-9H2,1H3. The van der Waals surface area contributed by atoms with Gasteiger partial charge in [-0.1, -0.05) is 11.6 Å². The Kier molecular flexibility index (Phi) is 4.47. The Morgan fingerprint density at radius 3 is 3.12 bits per heavy atom. The molecule has 3 aromatic rings. The van der Waals surface area contributed by atoms with Gasteiger partial charge in [-0.15, -0.1) is 0 Å². The van der Waals surface area contributed by atoms with Crippen molar-refractivity contribution in [3.8, 4) is 0 Å². The number of nitrogens with zero attached hydrogens (tertiary/aromatic N) is 3. The number of fused-ring (bicyclic) bond motifs is 1. The molecule has 0 amide bonds. The van der Waals surface area contributed by atoms with Gasteiger partial charge in [-0.2, -0.15) is 5.10 Å². The molecule has 0 spiro atoms. The lowest BCUT2D eigenvalue weighted by Gasteiger charge is -2.25. The first-order valence-corrected chi connectivity index (χ1v) is 8.48. The summed E-state index contributed by atoms with van der Waals surface area (Å²) in [7, 11) is 0. The van der Waals surface area contributed by atoms with E-state index in [-0.39, 0.29) is 6.10 Å². The summed E-state index contributed by atoms with van der Waals surface area (Å²) in [5, 5.41) is 5.69. The van der Waals surface area contributed by atoms with E-state index in [1.807, 2.05) is 25.1 Å². The zero-order valence-corrected chi connectivity index (χ0v) is 14.5. The summed E-state index contributed by atoms with van der Waals surface area (Å²) in [4.78, 5) is 3.98. The van der Waals surface area contributed by atoms with Crippen molar-refractivity contribution in [3.05, 3.63) is 47.7 Å². The Balaban J connectivity index is 1.69. The summed E-state index contributed by atoms with van der Waals surface area (Å²) in [5.74, 6) is -0.514. The molecular formula is C17H18ClN3O4. The minimum Gasteiger partial charge on any atom is -0.455 e. The minimum atomic E-state index is -1.08. The van der Waals surface area contributed by atoms with Crippen molar-refractivity contribution in [2.75, 3.05) is 19.8 Å². The highest BCUT2D eigenvalue weighted by atomic mass is 35.5. The molecule has 0 N–H and O–H groups in total. The Morgan fingerprint density at radius 1 is 1.40 bits per heavy atom. The van der Waals surface area contributed by atoms with E-state index in [1.54, 1.807) is 17.1 Å². The third kappa shape index (κ3) is 3.28. The van der Waals surface area contributed by atoms with Gasteiger partial charge in [0, 0.05) is 17.0 Å². The number of benzene rings is 1. The van der Waals surface area contributed by atoms with Gasteiger partial charge in [-0.3, -0.25) is 0 Å². The predicted molar refractivity (Wildman–Crippen MR) is 90.2 cm³/mol. The largest absolute Gasteiger partial charge is 0.455 e. The molecule has 132 valence electrons. The molecule has 0 bridgehead atoms. The molecule has 0 saturated carbocycles. The first-order chi connectivity index (χ1) is 12.2. The third-order valence-corrected chi connectivity index (χ3v) is 4.29. The average molecular weight is 364 g/mol. The van der Waals surface area contributed by atoms with Gasteiger partial charge in [-0.05, 0) is 31.2 Å². The van der Waals surface area contributed by atoms with Crippen LogP contribution < -0.4 is 0 Å². The van der Waals surface area contributed by atoms with Gasteiger partial charge in [-0.25, -0.2) is 9.67 Å². The molecule has 1 aliphatic rings. The highest BCUT2D eigenvalue weighted by Crippen LogP contribution is 2.39. The maximum absolute atomic E-state index is 6.21. The summed E-state index contributed by atoms with van der Waals surface area (Å²) in [6, 6.07) is 7.35. The number of ether oxygens (including phenoxy) is 3. The third-order valence-electron chi connectivity index (χ3n) is 4.06. The molecule has 25 heavy (non-hydrogen) atoms. The molecular weight excluding hydrogens is 346 g/mol. The Bertz CT molecular complexity index is 851. The number of rotatable bonds is 6. The number of hydrogen-bond donors (Lipinski definition) is 0. The van der Waals surface area contributed by atoms with Crippen molar-refractivity contribution in [1.82, 2.24) is 14.8 Å². The van der Waals surface area contributed by atoms with Crippen molar-refractivity contribution in [1.29, 1.82) is 0 Å². The lowest BCUT2D eigenvalue weighted by molar-refractivity contribution is -0.203. The van der Waals surface area contributed by atoms with E-state index in [2.05, 4.69) is 10.1 Å². The zero-order chi connectivity index (χ0) is 17.3. The molecule has 1 aliphatic heterocycles. The van der Waals surface area contributed by atoms with Crippen LogP contribution in [0.25, 0.3) is 11.0 Å². The number of hydrogen-bond acceptors (Lipinski definition) is 6. The van der Waals surface area contributed by atoms with E-state index in [1.165, 1.54) is 6.33 Å². The number of aromatic nitrogens is 3. The second-order valence-electron chi connectivity index (χ2n) is 5.85. The van der Waals surface area contributed by atoms with Crippen LogP contribution in [0, 0.1) is 0 Å². The Morgan fingerprint density at radius 2 is 2.32 bits per heavy atom. The average Bonchev–Trinajstić information content (AvgIpc) is 3.33. The number of furan rings is 1. The molecule has 8 heteroatoms. The fourth-order valence-electron chi connectivity index (χ4n) is 2.92. The second kappa shape index (κ2) is 6.76. The monoisotopic (exact) mass is 363 g/mol. The first kappa shape index (κ1) is 16.5. The van der Waals surface area contributed by atoms with Crippen LogP contribution in [-0.2, 0) is 26.5 Å². The lowest BCUT2D eigenvalue weighted by Crippen LogP contribution is -2.34. The Hall–Kier alpha value is -1.93. The van der Waals surface area contributed by atoms with Crippen LogP contribution in [-0.4, -0.2) is 40.7 Å². The Labute approximate surface area is 149 Å². The summed E-state index contributed by atoms with van der Waals surface area (Å²) in [6.45, 7) is 3.76. The molecule has 4 rings (SSSR count). The molecule has 0 aliphatic carbocycles. The van der Waals surface area contributed by atoms with Gasteiger partial charge in [0.1, 0.15) is 30.9 Å². The van der Waals surface area contributed by atoms with Crippen molar-refractivity contribution >= 4 is 22.6 Å². The van der Waals surface area contributed by atoms with E-state index in [4.69, 9.17) is 30.2 Å². The molecule has 1 saturated heterocycles. The van der Waals surface area contributed by atoms with Crippen LogP contribution in [0.3, 0.4) is 0 Å². The van der Waals surface area contributed by atoms with Crippen LogP contribution in [0.5, 0.6) is 0 Å². The van der Waals surface area contributed by atoms with E-state index >= 15 is 0 Å². The van der Waals surface area contributed by atoms with Crippen LogP contribution in [0.15, 0.2) is 41.3 Å². The van der Waals surface area contributed by atoms with Crippen LogP contribution in [0.4, 0.5) is 0 Å². The van der Waals surface area contributed by atoms with E-state index in [0.29, 0.717) is 37.1 Å². The fraction of sp³-hybridized carbons (Fsp3) is 0.412. The molecule has 0 radical (unpaired) electrons. The van der Waals surface area contributed by atoms with Crippen molar-refractivity contribution < 1.29 is 18.6 Å². The van der Waals surface area contributed by atoms with E-state index in [0.717, 1.165) is 11.0 Å². The topological polar surface area (TPSA) is 71.5 Å². The van der Waals surface area contributed by atoms with Gasteiger partial charge in [0.05, 0.1) is 13.2 Å². The van der Waals surface area contributed by atoms with Crippen molar-refractivity contribution in [2.24, 2.45) is 0 Å². The smallest absolute Gasteiger partial charge is 0.249 e. The van der Waals surface area contributed by atoms with Gasteiger partial charge < -0.3 is 18.6 Å². The summed E-state index contributed by atoms with van der Waals surface area (Å²) in [6.07, 6.45) is 2.91. The van der Waals surface area contributed by atoms with Gasteiger partial charge in [0.2, 0.25) is 5.79 Å². The highest BCUT2D eigenvalue weighted by Gasteiger charge is 2.47. The maximum atomic E-state index is 6.21. The van der Waals surface area contributed by atoms with Crippen molar-refractivity contribution in [2.45, 2.75) is 25.4 Å². The van der Waals surface area contributed by atoms with Gasteiger partial charge in [0.25, 0.3) is 0 Å². The molecule has 3 heterocycles. The summed E-state index contributed by atoms with van der Waals surface area (Å²) < 4.78 is 25.4. The fourth-order valence-corrected chi connectivity index (χ4v) is 3.10. The van der Waals surface area contributed by atoms with Crippen molar-refractivity contribution in [3.63, 3.8) is 0 Å². The lowest BCUT2D eigenvalue weighted by atomic mass is 10.2. The molecule has 2 unspecified atom stereocenters. The second-order valence-corrected chi connectivity index (χ2v) is 6.29. The first-order valence-electron chi connectivity index (χ1n) is 8.10. The molecule has 7 nitrogen and oxygen atoms in total. The zero-order valence-electron chi connectivity index (χ0n) is 13.7. The highest BCUT2D eigenvalue weighted by molar-refractivity contribution is 6.31. The molecule has 2 aromatic heterocycles. The summed E-state index contributed by atoms with van der Waals surface area (Å²) in [5.41, 5.74) is 0.720. The predicted octanol–water partition coefficient (Wildman–Crippen LogP) is 2.98. The quantitative estimate of drug-likeness (QED) is 0.670. The number of halogens is 1. The summed E-state index contributed by atoms with van der Waals surface area (Å²) >= 11 is 6.07. The van der Waals surface area contributed by atoms with Gasteiger partial charge in [0.15, 0.2) is 5.76 Å². The van der Waals surface area contributed by atoms with E-state index < -0.39 is 5.79 Å².